The number of nitrogens with one attached hydrogen (secondary N) is 1. The molecule has 0 aliphatic heterocycles. The second-order valence-electron chi connectivity index (χ2n) is 4.84. The highest BCUT2D eigenvalue weighted by Crippen LogP contribution is 2.25. The van der Waals surface area contributed by atoms with E-state index in [0.29, 0.717) is 23.2 Å². The van der Waals surface area contributed by atoms with E-state index in [4.69, 9.17) is 0 Å². The molecule has 20 heavy (non-hydrogen) atoms. The zero-order valence-corrected chi connectivity index (χ0v) is 11.7. The van der Waals surface area contributed by atoms with Crippen molar-refractivity contribution < 1.29 is 8.78 Å². The number of hydrogen-bond acceptors (Lipinski definition) is 2. The SMILES string of the molecule is CCCNCc1cncc(-c2cc(C)c(F)cc2F)c1. The molecule has 1 aromatic carbocycles. The van der Waals surface area contributed by atoms with Crippen LogP contribution >= 0.6 is 0 Å². The van der Waals surface area contributed by atoms with Gasteiger partial charge < -0.3 is 5.32 Å². The summed E-state index contributed by atoms with van der Waals surface area (Å²) in [5, 5.41) is 3.27. The minimum absolute atomic E-state index is 0.383. The van der Waals surface area contributed by atoms with Gasteiger partial charge in [-0.25, -0.2) is 8.78 Å². The number of benzene rings is 1. The van der Waals surface area contributed by atoms with Gasteiger partial charge in [0.15, 0.2) is 0 Å². The van der Waals surface area contributed by atoms with Gasteiger partial charge in [0, 0.05) is 36.1 Å². The number of hydrogen-bond donors (Lipinski definition) is 1. The fraction of sp³-hybridized carbons (Fsp3) is 0.312. The summed E-state index contributed by atoms with van der Waals surface area (Å²) in [5.41, 5.74) is 2.46. The standard InChI is InChI=1S/C16H18F2N2/c1-3-4-19-8-12-6-13(10-20-9-12)14-5-11(2)15(17)7-16(14)18/h5-7,9-10,19H,3-4,8H2,1-2H3. The van der Waals surface area contributed by atoms with Crippen LogP contribution in [0.25, 0.3) is 11.1 Å². The van der Waals surface area contributed by atoms with E-state index in [1.807, 2.05) is 6.07 Å². The average Bonchev–Trinajstić information content (AvgIpc) is 2.43. The van der Waals surface area contributed by atoms with Crippen molar-refractivity contribution in [2.24, 2.45) is 0 Å². The number of aryl methyl sites for hydroxylation is 1. The molecule has 1 N–H and O–H groups in total. The summed E-state index contributed by atoms with van der Waals surface area (Å²) in [6.45, 7) is 5.33. The molecule has 0 unspecified atom stereocenters. The Hall–Kier alpha value is -1.81. The van der Waals surface area contributed by atoms with E-state index in [1.54, 1.807) is 19.3 Å². The highest BCUT2D eigenvalue weighted by molar-refractivity contribution is 5.64. The van der Waals surface area contributed by atoms with Gasteiger partial charge in [-0.3, -0.25) is 4.98 Å². The summed E-state index contributed by atoms with van der Waals surface area (Å²) in [5.74, 6) is -1.09. The quantitative estimate of drug-likeness (QED) is 0.839. The zero-order chi connectivity index (χ0) is 14.5. The first-order chi connectivity index (χ1) is 9.61. The maximum Gasteiger partial charge on any atom is 0.134 e. The van der Waals surface area contributed by atoms with Gasteiger partial charge >= 0.3 is 0 Å². The fourth-order valence-corrected chi connectivity index (χ4v) is 2.02. The van der Waals surface area contributed by atoms with Crippen molar-refractivity contribution in [2.45, 2.75) is 26.8 Å². The Morgan fingerprint density at radius 2 is 1.90 bits per heavy atom. The molecule has 0 atom stereocenters. The van der Waals surface area contributed by atoms with Gasteiger partial charge in [-0.2, -0.15) is 0 Å². The van der Waals surface area contributed by atoms with Crippen molar-refractivity contribution in [3.63, 3.8) is 0 Å². The molecule has 0 aliphatic carbocycles. The zero-order valence-electron chi connectivity index (χ0n) is 11.7. The van der Waals surface area contributed by atoms with E-state index in [2.05, 4.69) is 17.2 Å². The molecule has 2 aromatic rings. The van der Waals surface area contributed by atoms with Crippen LogP contribution in [0, 0.1) is 18.6 Å². The molecule has 0 aliphatic rings. The fourth-order valence-electron chi connectivity index (χ4n) is 2.02. The molecule has 2 nitrogen and oxygen atoms in total. The third-order valence-corrected chi connectivity index (χ3v) is 3.11. The highest BCUT2D eigenvalue weighted by atomic mass is 19.1. The molecule has 2 rings (SSSR count). The Balaban J connectivity index is 2.29. The highest BCUT2D eigenvalue weighted by Gasteiger charge is 2.10. The molecule has 1 aromatic heterocycles. The molecular formula is C16H18F2N2. The van der Waals surface area contributed by atoms with Crippen molar-refractivity contribution in [2.75, 3.05) is 6.54 Å². The molecule has 4 heteroatoms. The van der Waals surface area contributed by atoms with Crippen LogP contribution in [0.5, 0.6) is 0 Å². The first-order valence-corrected chi connectivity index (χ1v) is 6.72. The maximum absolute atomic E-state index is 13.9. The second kappa shape index (κ2) is 6.57. The number of aromatic nitrogens is 1. The second-order valence-corrected chi connectivity index (χ2v) is 4.84. The topological polar surface area (TPSA) is 24.9 Å². The van der Waals surface area contributed by atoms with Crippen LogP contribution in [0.1, 0.15) is 24.5 Å². The van der Waals surface area contributed by atoms with E-state index in [1.165, 1.54) is 6.07 Å². The largest absolute Gasteiger partial charge is 0.313 e. The minimum Gasteiger partial charge on any atom is -0.313 e. The number of nitrogens with zero attached hydrogens (tertiary/aromatic N) is 1. The number of rotatable bonds is 5. The summed E-state index contributed by atoms with van der Waals surface area (Å²) in [6.07, 6.45) is 4.40. The van der Waals surface area contributed by atoms with E-state index in [-0.39, 0.29) is 0 Å². The lowest BCUT2D eigenvalue weighted by Gasteiger charge is -2.08. The number of halogens is 2. The van der Waals surface area contributed by atoms with Gasteiger partial charge in [-0.15, -0.1) is 0 Å². The Morgan fingerprint density at radius 3 is 2.65 bits per heavy atom. The molecule has 0 amide bonds. The van der Waals surface area contributed by atoms with Crippen LogP contribution < -0.4 is 5.32 Å². The van der Waals surface area contributed by atoms with Crippen LogP contribution in [0.2, 0.25) is 0 Å². The summed E-state index contributed by atoms with van der Waals surface area (Å²) in [7, 11) is 0. The van der Waals surface area contributed by atoms with Gasteiger partial charge in [-0.1, -0.05) is 6.92 Å². The van der Waals surface area contributed by atoms with Crippen LogP contribution in [-0.2, 0) is 6.54 Å². The van der Waals surface area contributed by atoms with E-state index in [9.17, 15) is 8.78 Å². The van der Waals surface area contributed by atoms with Crippen LogP contribution in [0.15, 0.2) is 30.6 Å². The van der Waals surface area contributed by atoms with Gasteiger partial charge in [0.25, 0.3) is 0 Å². The minimum atomic E-state index is -0.562. The molecule has 0 spiro atoms. The normalized spacial score (nSPS) is 10.8. The lowest BCUT2D eigenvalue weighted by molar-refractivity contribution is 0.579. The smallest absolute Gasteiger partial charge is 0.134 e. The van der Waals surface area contributed by atoms with Crippen LogP contribution in [0.4, 0.5) is 8.78 Å². The molecule has 106 valence electrons. The molecule has 0 saturated carbocycles. The molecular weight excluding hydrogens is 258 g/mol. The van der Waals surface area contributed by atoms with Crippen LogP contribution in [0.3, 0.4) is 0 Å². The predicted octanol–water partition coefficient (Wildman–Crippen LogP) is 3.83. The lowest BCUT2D eigenvalue weighted by atomic mass is 10.0. The summed E-state index contributed by atoms with van der Waals surface area (Å²) >= 11 is 0. The molecule has 0 bridgehead atoms. The first kappa shape index (κ1) is 14.6. The lowest BCUT2D eigenvalue weighted by Crippen LogP contribution is -2.13. The van der Waals surface area contributed by atoms with Gasteiger partial charge in [0.05, 0.1) is 0 Å². The molecule has 0 radical (unpaired) electrons. The third-order valence-electron chi connectivity index (χ3n) is 3.11. The van der Waals surface area contributed by atoms with Crippen molar-refractivity contribution in [1.82, 2.24) is 10.3 Å². The van der Waals surface area contributed by atoms with Crippen molar-refractivity contribution in [1.29, 1.82) is 0 Å². The van der Waals surface area contributed by atoms with Crippen molar-refractivity contribution in [3.05, 3.63) is 53.4 Å². The van der Waals surface area contributed by atoms with Crippen molar-refractivity contribution >= 4 is 0 Å². The summed E-state index contributed by atoms with van der Waals surface area (Å²) < 4.78 is 27.2. The molecule has 0 saturated heterocycles. The third kappa shape index (κ3) is 3.39. The Bertz CT molecular complexity index is 597. The van der Waals surface area contributed by atoms with E-state index < -0.39 is 11.6 Å². The van der Waals surface area contributed by atoms with Crippen molar-refractivity contribution in [3.8, 4) is 11.1 Å². The van der Waals surface area contributed by atoms with E-state index >= 15 is 0 Å². The first-order valence-electron chi connectivity index (χ1n) is 6.72. The average molecular weight is 276 g/mol. The van der Waals surface area contributed by atoms with Gasteiger partial charge in [0.1, 0.15) is 11.6 Å². The van der Waals surface area contributed by atoms with Gasteiger partial charge in [0.2, 0.25) is 0 Å². The van der Waals surface area contributed by atoms with Gasteiger partial charge in [-0.05, 0) is 43.1 Å². The van der Waals surface area contributed by atoms with E-state index in [0.717, 1.165) is 24.6 Å². The summed E-state index contributed by atoms with van der Waals surface area (Å²) in [6, 6.07) is 4.32. The molecule has 1 heterocycles. The molecule has 0 fully saturated rings. The summed E-state index contributed by atoms with van der Waals surface area (Å²) in [4.78, 5) is 4.13. The van der Waals surface area contributed by atoms with Crippen LogP contribution in [-0.4, -0.2) is 11.5 Å². The Labute approximate surface area is 117 Å². The Morgan fingerprint density at radius 1 is 1.10 bits per heavy atom. The predicted molar refractivity (Wildman–Crippen MR) is 76.3 cm³/mol. The maximum atomic E-state index is 13.9. The number of pyridine rings is 1. The monoisotopic (exact) mass is 276 g/mol. The Kier molecular flexibility index (Phi) is 4.79.